The fourth-order valence-corrected chi connectivity index (χ4v) is 2.85. The number of amides is 1. The summed E-state index contributed by atoms with van der Waals surface area (Å²) < 4.78 is 5.62. The maximum Gasteiger partial charge on any atom is 0.274 e. The molecular formula is C23H26N4O2. The van der Waals surface area contributed by atoms with Crippen LogP contribution >= 0.6 is 0 Å². The van der Waals surface area contributed by atoms with E-state index >= 15 is 0 Å². The lowest BCUT2D eigenvalue weighted by Gasteiger charge is -2.11. The Morgan fingerprint density at radius 3 is 2.48 bits per heavy atom. The van der Waals surface area contributed by atoms with Crippen LogP contribution in [0.2, 0.25) is 0 Å². The molecule has 29 heavy (non-hydrogen) atoms. The van der Waals surface area contributed by atoms with E-state index in [9.17, 15) is 4.79 Å². The first-order chi connectivity index (χ1) is 13.9. The van der Waals surface area contributed by atoms with Gasteiger partial charge in [-0.2, -0.15) is 0 Å². The lowest BCUT2D eigenvalue weighted by Crippen LogP contribution is -2.16. The van der Waals surface area contributed by atoms with Gasteiger partial charge in [-0.15, -0.1) is 0 Å². The lowest BCUT2D eigenvalue weighted by molar-refractivity contribution is 0.102. The summed E-state index contributed by atoms with van der Waals surface area (Å²) in [6.45, 7) is 8.42. The summed E-state index contributed by atoms with van der Waals surface area (Å²) in [5, 5.41) is 6.06. The third-order valence-corrected chi connectivity index (χ3v) is 4.10. The van der Waals surface area contributed by atoms with Crippen molar-refractivity contribution in [2.45, 2.75) is 40.3 Å². The molecule has 1 amide bonds. The number of rotatable bonds is 7. The van der Waals surface area contributed by atoms with Crippen molar-refractivity contribution in [3.63, 3.8) is 0 Å². The van der Waals surface area contributed by atoms with Crippen LogP contribution in [0.3, 0.4) is 0 Å². The molecule has 0 bridgehead atoms. The predicted octanol–water partition coefficient (Wildman–Crippen LogP) is 4.75. The van der Waals surface area contributed by atoms with Gasteiger partial charge in [0.25, 0.3) is 5.91 Å². The topological polar surface area (TPSA) is 76.1 Å². The minimum absolute atomic E-state index is 0.102. The number of nitrogens with zero attached hydrogens (tertiary/aromatic N) is 2. The fourth-order valence-electron chi connectivity index (χ4n) is 2.85. The molecule has 6 heteroatoms. The zero-order valence-electron chi connectivity index (χ0n) is 17.2. The van der Waals surface area contributed by atoms with Gasteiger partial charge < -0.3 is 15.4 Å². The Balaban J connectivity index is 1.67. The number of aromatic nitrogens is 2. The molecule has 0 saturated heterocycles. The minimum Gasteiger partial charge on any atom is -0.491 e. The summed E-state index contributed by atoms with van der Waals surface area (Å²) in [6, 6.07) is 17.1. The Morgan fingerprint density at radius 2 is 1.79 bits per heavy atom. The Bertz CT molecular complexity index is 984. The number of ether oxygens (including phenoxy) is 1. The van der Waals surface area contributed by atoms with Crippen molar-refractivity contribution in [2.24, 2.45) is 0 Å². The van der Waals surface area contributed by atoms with E-state index in [1.807, 2.05) is 45.0 Å². The number of hydrogen-bond donors (Lipinski definition) is 2. The van der Waals surface area contributed by atoms with Crippen LogP contribution in [0, 0.1) is 13.8 Å². The Labute approximate surface area is 171 Å². The maximum atomic E-state index is 12.6. The second kappa shape index (κ2) is 9.19. The predicted molar refractivity (Wildman–Crippen MR) is 115 cm³/mol. The number of benzene rings is 2. The van der Waals surface area contributed by atoms with Crippen molar-refractivity contribution in [3.05, 3.63) is 77.1 Å². The van der Waals surface area contributed by atoms with Gasteiger partial charge in [-0.25, -0.2) is 9.97 Å². The molecule has 0 atom stereocenters. The highest BCUT2D eigenvalue weighted by Gasteiger charge is 2.11. The van der Waals surface area contributed by atoms with E-state index in [1.54, 1.807) is 18.2 Å². The van der Waals surface area contributed by atoms with Gasteiger partial charge in [0.2, 0.25) is 5.95 Å². The van der Waals surface area contributed by atoms with Gasteiger partial charge in [0.05, 0.1) is 6.10 Å². The zero-order chi connectivity index (χ0) is 20.8. The van der Waals surface area contributed by atoms with Gasteiger partial charge >= 0.3 is 0 Å². The number of nitrogens with one attached hydrogen (secondary N) is 2. The molecule has 0 saturated carbocycles. The molecular weight excluding hydrogens is 364 g/mol. The smallest absolute Gasteiger partial charge is 0.274 e. The first-order valence-corrected chi connectivity index (χ1v) is 9.62. The summed E-state index contributed by atoms with van der Waals surface area (Å²) in [5.41, 5.74) is 4.03. The van der Waals surface area contributed by atoms with Crippen molar-refractivity contribution in [3.8, 4) is 5.75 Å². The third kappa shape index (κ3) is 6.04. The fraction of sp³-hybridized carbons (Fsp3) is 0.261. The van der Waals surface area contributed by atoms with Crippen LogP contribution < -0.4 is 15.4 Å². The molecule has 0 aliphatic rings. The normalized spacial score (nSPS) is 10.7. The van der Waals surface area contributed by atoms with Crippen molar-refractivity contribution >= 4 is 17.5 Å². The molecule has 0 aliphatic heterocycles. The van der Waals surface area contributed by atoms with E-state index in [4.69, 9.17) is 4.74 Å². The van der Waals surface area contributed by atoms with E-state index in [0.717, 1.165) is 17.0 Å². The average Bonchev–Trinajstić information content (AvgIpc) is 2.67. The van der Waals surface area contributed by atoms with E-state index < -0.39 is 0 Å². The van der Waals surface area contributed by atoms with Crippen LogP contribution in [0.15, 0.2) is 54.6 Å². The molecule has 3 aromatic rings. The molecule has 1 aromatic heterocycles. The van der Waals surface area contributed by atoms with Gasteiger partial charge in [-0.1, -0.05) is 29.8 Å². The van der Waals surface area contributed by atoms with Gasteiger partial charge in [-0.3, -0.25) is 4.79 Å². The molecule has 0 fully saturated rings. The molecule has 0 aliphatic carbocycles. The Kier molecular flexibility index (Phi) is 6.44. The van der Waals surface area contributed by atoms with Crippen LogP contribution in [0.4, 0.5) is 11.6 Å². The van der Waals surface area contributed by atoms with Crippen LogP contribution in [0.1, 0.15) is 41.2 Å². The summed E-state index contributed by atoms with van der Waals surface area (Å²) in [5.74, 6) is 0.905. The van der Waals surface area contributed by atoms with E-state index in [-0.39, 0.29) is 12.0 Å². The van der Waals surface area contributed by atoms with Crippen LogP contribution in [-0.2, 0) is 6.54 Å². The highest BCUT2D eigenvalue weighted by atomic mass is 16.5. The Hall–Kier alpha value is -3.41. The second-order valence-corrected chi connectivity index (χ2v) is 7.21. The van der Waals surface area contributed by atoms with Crippen molar-refractivity contribution in [2.75, 3.05) is 10.6 Å². The van der Waals surface area contributed by atoms with E-state index in [0.29, 0.717) is 23.9 Å². The molecule has 2 aromatic carbocycles. The van der Waals surface area contributed by atoms with Crippen LogP contribution in [0.5, 0.6) is 5.75 Å². The van der Waals surface area contributed by atoms with Crippen molar-refractivity contribution in [1.29, 1.82) is 0 Å². The van der Waals surface area contributed by atoms with Crippen LogP contribution in [0.25, 0.3) is 0 Å². The molecule has 0 radical (unpaired) electrons. The number of carbonyl (C=O) groups excluding carboxylic acids is 1. The van der Waals surface area contributed by atoms with Crippen molar-refractivity contribution < 1.29 is 9.53 Å². The average molecular weight is 390 g/mol. The standard InChI is InChI=1S/C23H26N4O2/c1-15(2)29-20-10-8-19(9-11-20)26-22(28)21-13-17(4)25-23(27-21)24-14-18-7-5-6-16(3)12-18/h5-13,15H,14H2,1-4H3,(H,26,28)(H,24,25,27). The number of anilines is 2. The second-order valence-electron chi connectivity index (χ2n) is 7.21. The van der Waals surface area contributed by atoms with Crippen molar-refractivity contribution in [1.82, 2.24) is 9.97 Å². The largest absolute Gasteiger partial charge is 0.491 e. The summed E-state index contributed by atoms with van der Waals surface area (Å²) in [7, 11) is 0. The molecule has 1 heterocycles. The monoisotopic (exact) mass is 390 g/mol. The third-order valence-electron chi connectivity index (χ3n) is 4.10. The molecule has 2 N–H and O–H groups in total. The molecule has 3 rings (SSSR count). The molecule has 0 spiro atoms. The van der Waals surface area contributed by atoms with E-state index in [1.165, 1.54) is 5.56 Å². The number of hydrogen-bond acceptors (Lipinski definition) is 5. The zero-order valence-corrected chi connectivity index (χ0v) is 17.2. The Morgan fingerprint density at radius 1 is 1.03 bits per heavy atom. The highest BCUT2D eigenvalue weighted by Crippen LogP contribution is 2.18. The van der Waals surface area contributed by atoms with Crippen LogP contribution in [-0.4, -0.2) is 22.0 Å². The van der Waals surface area contributed by atoms with Gasteiger partial charge in [-0.05, 0) is 63.6 Å². The van der Waals surface area contributed by atoms with Gasteiger partial charge in [0, 0.05) is 17.9 Å². The molecule has 6 nitrogen and oxygen atoms in total. The lowest BCUT2D eigenvalue weighted by atomic mass is 10.1. The van der Waals surface area contributed by atoms with Gasteiger partial charge in [0.15, 0.2) is 0 Å². The summed E-state index contributed by atoms with van der Waals surface area (Å²) in [4.78, 5) is 21.4. The maximum absolute atomic E-state index is 12.6. The highest BCUT2D eigenvalue weighted by molar-refractivity contribution is 6.03. The number of aryl methyl sites for hydroxylation is 2. The molecule has 150 valence electrons. The van der Waals surface area contributed by atoms with E-state index in [2.05, 4.69) is 39.7 Å². The first kappa shape index (κ1) is 20.3. The number of carbonyl (C=O) groups is 1. The SMILES string of the molecule is Cc1cccc(CNc2nc(C)cc(C(=O)Nc3ccc(OC(C)C)cc3)n2)c1. The molecule has 0 unspecified atom stereocenters. The van der Waals surface area contributed by atoms with Gasteiger partial charge in [0.1, 0.15) is 11.4 Å². The quantitative estimate of drug-likeness (QED) is 0.609. The first-order valence-electron chi connectivity index (χ1n) is 9.62. The summed E-state index contributed by atoms with van der Waals surface area (Å²) >= 11 is 0. The summed E-state index contributed by atoms with van der Waals surface area (Å²) in [6.07, 6.45) is 0.102. The minimum atomic E-state index is -0.286.